The minimum Gasteiger partial charge on any atom is -0.372 e. The fourth-order valence-electron chi connectivity index (χ4n) is 2.53. The molecule has 26 heavy (non-hydrogen) atoms. The Hall–Kier alpha value is -1.51. The van der Waals surface area contributed by atoms with E-state index in [1.165, 1.54) is 4.90 Å². The number of ether oxygens (including phenoxy) is 1. The monoisotopic (exact) mass is 412 g/mol. The third-order valence-corrected chi connectivity index (χ3v) is 4.51. The number of halogens is 5. The third kappa shape index (κ3) is 5.75. The highest BCUT2D eigenvalue weighted by Gasteiger charge is 2.37. The second-order valence-electron chi connectivity index (χ2n) is 5.74. The number of hydrogen-bond acceptors (Lipinski definition) is 3. The molecule has 2 amide bonds. The lowest BCUT2D eigenvalue weighted by Gasteiger charge is -2.17. The van der Waals surface area contributed by atoms with E-state index in [0.717, 1.165) is 0 Å². The van der Waals surface area contributed by atoms with E-state index in [1.54, 1.807) is 18.2 Å². The summed E-state index contributed by atoms with van der Waals surface area (Å²) in [7, 11) is 0. The SMILES string of the molecule is O=C(NCCCOCC(F)(F)F)C1CCN(c2ccc(Cl)c(Cl)c2)C1=O. The average molecular weight is 413 g/mol. The molecule has 10 heteroatoms. The van der Waals surface area contributed by atoms with Crippen molar-refractivity contribution < 1.29 is 27.5 Å². The maximum absolute atomic E-state index is 12.4. The highest BCUT2D eigenvalue weighted by Crippen LogP contribution is 2.31. The Morgan fingerprint density at radius 2 is 2.04 bits per heavy atom. The van der Waals surface area contributed by atoms with E-state index in [-0.39, 0.29) is 25.5 Å². The molecule has 1 atom stereocenters. The number of carbonyl (C=O) groups is 2. The first-order chi connectivity index (χ1) is 12.2. The van der Waals surface area contributed by atoms with E-state index in [2.05, 4.69) is 10.1 Å². The Morgan fingerprint density at radius 1 is 1.31 bits per heavy atom. The number of benzene rings is 1. The zero-order valence-corrected chi connectivity index (χ0v) is 15.1. The molecule has 1 aromatic rings. The Morgan fingerprint density at radius 3 is 2.69 bits per heavy atom. The van der Waals surface area contributed by atoms with Crippen LogP contribution in [0.15, 0.2) is 18.2 Å². The molecule has 0 saturated carbocycles. The largest absolute Gasteiger partial charge is 0.411 e. The van der Waals surface area contributed by atoms with Crippen LogP contribution in [0.1, 0.15) is 12.8 Å². The lowest BCUT2D eigenvalue weighted by atomic mass is 10.1. The maximum atomic E-state index is 12.4. The van der Waals surface area contributed by atoms with Gasteiger partial charge in [0.1, 0.15) is 12.5 Å². The molecule has 1 fully saturated rings. The van der Waals surface area contributed by atoms with Crippen LogP contribution in [-0.2, 0) is 14.3 Å². The summed E-state index contributed by atoms with van der Waals surface area (Å²) < 4.78 is 40.2. The van der Waals surface area contributed by atoms with Gasteiger partial charge in [0.25, 0.3) is 0 Å². The van der Waals surface area contributed by atoms with Gasteiger partial charge in [-0.25, -0.2) is 0 Å². The van der Waals surface area contributed by atoms with Gasteiger partial charge in [0.05, 0.1) is 10.0 Å². The average Bonchev–Trinajstić information content (AvgIpc) is 2.94. The minimum absolute atomic E-state index is 0.131. The fraction of sp³-hybridized carbons (Fsp3) is 0.500. The van der Waals surface area contributed by atoms with Crippen LogP contribution in [-0.4, -0.2) is 44.3 Å². The van der Waals surface area contributed by atoms with Crippen molar-refractivity contribution in [1.82, 2.24) is 5.32 Å². The van der Waals surface area contributed by atoms with E-state index >= 15 is 0 Å². The van der Waals surface area contributed by atoms with Gasteiger partial charge in [-0.05, 0) is 31.0 Å². The van der Waals surface area contributed by atoms with Crippen LogP contribution >= 0.6 is 23.2 Å². The van der Waals surface area contributed by atoms with Gasteiger partial charge in [0.15, 0.2) is 0 Å². The van der Waals surface area contributed by atoms with Gasteiger partial charge in [0.2, 0.25) is 11.8 Å². The summed E-state index contributed by atoms with van der Waals surface area (Å²) in [5.41, 5.74) is 0.556. The highest BCUT2D eigenvalue weighted by atomic mass is 35.5. The first-order valence-corrected chi connectivity index (χ1v) is 8.63. The summed E-state index contributed by atoms with van der Waals surface area (Å²) in [5, 5.41) is 3.22. The summed E-state index contributed by atoms with van der Waals surface area (Å²) in [4.78, 5) is 26.0. The molecule has 1 heterocycles. The number of rotatable bonds is 7. The van der Waals surface area contributed by atoms with Gasteiger partial charge in [-0.2, -0.15) is 13.2 Å². The molecule has 144 valence electrons. The van der Waals surface area contributed by atoms with Gasteiger partial charge in [-0.15, -0.1) is 0 Å². The van der Waals surface area contributed by atoms with E-state index in [4.69, 9.17) is 23.2 Å². The molecule has 1 saturated heterocycles. The molecular formula is C16H17Cl2F3N2O3. The smallest absolute Gasteiger partial charge is 0.372 e. The van der Waals surface area contributed by atoms with Crippen LogP contribution in [0.3, 0.4) is 0 Å². The number of nitrogens with one attached hydrogen (secondary N) is 1. The zero-order chi connectivity index (χ0) is 19.3. The number of carbonyl (C=O) groups excluding carboxylic acids is 2. The van der Waals surface area contributed by atoms with Gasteiger partial charge >= 0.3 is 6.18 Å². The number of alkyl halides is 3. The second-order valence-corrected chi connectivity index (χ2v) is 6.56. The van der Waals surface area contributed by atoms with Crippen molar-refractivity contribution in [2.45, 2.75) is 19.0 Å². The van der Waals surface area contributed by atoms with Crippen LogP contribution in [0.2, 0.25) is 10.0 Å². The van der Waals surface area contributed by atoms with Crippen LogP contribution in [0.5, 0.6) is 0 Å². The molecule has 1 aliphatic rings. The van der Waals surface area contributed by atoms with Crippen molar-refractivity contribution in [3.63, 3.8) is 0 Å². The molecule has 5 nitrogen and oxygen atoms in total. The van der Waals surface area contributed by atoms with E-state index in [9.17, 15) is 22.8 Å². The van der Waals surface area contributed by atoms with E-state index in [0.29, 0.717) is 28.7 Å². The van der Waals surface area contributed by atoms with Crippen LogP contribution < -0.4 is 10.2 Å². The molecule has 1 unspecified atom stereocenters. The summed E-state index contributed by atoms with van der Waals surface area (Å²) in [6, 6.07) is 4.77. The minimum atomic E-state index is -4.37. The topological polar surface area (TPSA) is 58.6 Å². The van der Waals surface area contributed by atoms with Gasteiger partial charge in [-0.3, -0.25) is 9.59 Å². The van der Waals surface area contributed by atoms with Crippen molar-refractivity contribution in [3.05, 3.63) is 28.2 Å². The zero-order valence-electron chi connectivity index (χ0n) is 13.6. The third-order valence-electron chi connectivity index (χ3n) is 3.77. The fourth-order valence-corrected chi connectivity index (χ4v) is 2.82. The normalized spacial score (nSPS) is 17.7. The van der Waals surface area contributed by atoms with Gasteiger partial charge in [0, 0.05) is 25.4 Å². The number of amides is 2. The first-order valence-electron chi connectivity index (χ1n) is 7.87. The number of anilines is 1. The van der Waals surface area contributed by atoms with Crippen LogP contribution in [0.4, 0.5) is 18.9 Å². The molecule has 1 N–H and O–H groups in total. The molecule has 0 aliphatic carbocycles. The Balaban J connectivity index is 1.78. The van der Waals surface area contributed by atoms with Crippen LogP contribution in [0, 0.1) is 5.92 Å². The van der Waals surface area contributed by atoms with E-state index in [1.807, 2.05) is 0 Å². The van der Waals surface area contributed by atoms with Crippen molar-refractivity contribution in [3.8, 4) is 0 Å². The highest BCUT2D eigenvalue weighted by molar-refractivity contribution is 6.42. The first kappa shape index (κ1) is 20.8. The van der Waals surface area contributed by atoms with Crippen molar-refractivity contribution >= 4 is 40.7 Å². The lowest BCUT2D eigenvalue weighted by molar-refractivity contribution is -0.174. The van der Waals surface area contributed by atoms with Crippen molar-refractivity contribution in [2.24, 2.45) is 5.92 Å². The van der Waals surface area contributed by atoms with E-state index < -0.39 is 24.6 Å². The quantitative estimate of drug-likeness (QED) is 0.551. The molecule has 0 spiro atoms. The second kappa shape index (κ2) is 8.92. The molecule has 1 aromatic carbocycles. The summed E-state index contributed by atoms with van der Waals surface area (Å²) in [6.45, 7) is -0.953. The predicted octanol–water partition coefficient (Wildman–Crippen LogP) is 3.43. The van der Waals surface area contributed by atoms with Gasteiger partial charge < -0.3 is 15.0 Å². The lowest BCUT2D eigenvalue weighted by Crippen LogP contribution is -2.37. The molecular weight excluding hydrogens is 396 g/mol. The Kier molecular flexibility index (Phi) is 7.14. The van der Waals surface area contributed by atoms with Crippen LogP contribution in [0.25, 0.3) is 0 Å². The molecule has 2 rings (SSSR count). The Labute approximate surface area is 158 Å². The number of nitrogens with zero attached hydrogens (tertiary/aromatic N) is 1. The van der Waals surface area contributed by atoms with Gasteiger partial charge in [-0.1, -0.05) is 23.2 Å². The summed E-state index contributed by atoms with van der Waals surface area (Å²) in [6.07, 6.45) is -3.80. The van der Waals surface area contributed by atoms with Crippen molar-refractivity contribution in [2.75, 3.05) is 31.2 Å². The predicted molar refractivity (Wildman–Crippen MR) is 91.4 cm³/mol. The molecule has 0 aromatic heterocycles. The molecule has 0 radical (unpaired) electrons. The molecule has 1 aliphatic heterocycles. The molecule has 0 bridgehead atoms. The summed E-state index contributed by atoms with van der Waals surface area (Å²) >= 11 is 11.8. The maximum Gasteiger partial charge on any atom is 0.411 e. The van der Waals surface area contributed by atoms with Crippen molar-refractivity contribution in [1.29, 1.82) is 0 Å². The Bertz CT molecular complexity index is 671. The number of hydrogen-bond donors (Lipinski definition) is 1. The summed E-state index contributed by atoms with van der Waals surface area (Å²) in [5.74, 6) is -1.64. The standard InChI is InChI=1S/C16H17Cl2F3N2O3/c17-12-3-2-10(8-13(12)18)23-6-4-11(15(23)25)14(24)22-5-1-7-26-9-16(19,20)21/h2-3,8,11H,1,4-7,9H2,(H,22,24).